The van der Waals surface area contributed by atoms with E-state index >= 15 is 0 Å². The van der Waals surface area contributed by atoms with Gasteiger partial charge in [-0.2, -0.15) is 0 Å². The number of amides is 1. The monoisotopic (exact) mass is 241 g/mol. The van der Waals surface area contributed by atoms with Crippen molar-refractivity contribution in [2.45, 2.75) is 31.8 Å². The van der Waals surface area contributed by atoms with Gasteiger partial charge in [0.25, 0.3) is 0 Å². The molecule has 6 heteroatoms. The molecule has 0 fully saturated rings. The van der Waals surface area contributed by atoms with Crippen molar-refractivity contribution in [2.24, 2.45) is 16.6 Å². The predicted molar refractivity (Wildman–Crippen MR) is 63.7 cm³/mol. The van der Waals surface area contributed by atoms with Crippen LogP contribution in [0.15, 0.2) is 4.99 Å². The smallest absolute Gasteiger partial charge is 0.322 e. The van der Waals surface area contributed by atoms with Crippen LogP contribution in [0.5, 0.6) is 0 Å². The number of nitrogens with two attached hydrogens (primary N) is 1. The molecule has 0 unspecified atom stereocenters. The van der Waals surface area contributed by atoms with Crippen LogP contribution < -0.4 is 11.1 Å². The fourth-order valence-electron chi connectivity index (χ4n) is 1.67. The number of methoxy groups -OCH3 is 1. The summed E-state index contributed by atoms with van der Waals surface area (Å²) in [6.45, 7) is 2.34. The van der Waals surface area contributed by atoms with Crippen LogP contribution in [0, 0.1) is 5.92 Å². The quantitative estimate of drug-likeness (QED) is 0.633. The number of nitrogens with zero attached hydrogens (tertiary/aromatic N) is 1. The van der Waals surface area contributed by atoms with E-state index in [1.54, 1.807) is 6.21 Å². The Hall–Kier alpha value is -1.43. The van der Waals surface area contributed by atoms with Crippen molar-refractivity contribution in [1.82, 2.24) is 5.32 Å². The molecule has 0 aromatic carbocycles. The predicted octanol–water partition coefficient (Wildman–Crippen LogP) is -0.528. The average molecular weight is 241 g/mol. The maximum atomic E-state index is 11.7. The molecule has 3 N–H and O–H groups in total. The first-order valence-corrected chi connectivity index (χ1v) is 5.69. The van der Waals surface area contributed by atoms with E-state index in [1.807, 2.05) is 6.92 Å². The topological polar surface area (TPSA) is 93.8 Å². The van der Waals surface area contributed by atoms with Crippen molar-refractivity contribution in [2.75, 3.05) is 13.7 Å². The van der Waals surface area contributed by atoms with Gasteiger partial charge in [-0.3, -0.25) is 14.6 Å². The molecule has 0 aromatic heterocycles. The number of nitrogens with one attached hydrogen (secondary N) is 1. The Labute approximate surface area is 101 Å². The van der Waals surface area contributed by atoms with Gasteiger partial charge in [-0.1, -0.05) is 6.92 Å². The first kappa shape index (κ1) is 13.6. The molecule has 3 atom stereocenters. The van der Waals surface area contributed by atoms with Gasteiger partial charge in [-0.05, 0) is 18.8 Å². The van der Waals surface area contributed by atoms with E-state index in [0.29, 0.717) is 13.0 Å². The second-order valence-corrected chi connectivity index (χ2v) is 4.20. The minimum absolute atomic E-state index is 0.108. The SMILES string of the molecule is COC(=O)[C@@H](N)CCNC(=O)[C@@H]1N=CC[C@H]1C. The molecule has 0 saturated carbocycles. The van der Waals surface area contributed by atoms with E-state index in [1.165, 1.54) is 7.11 Å². The lowest BCUT2D eigenvalue weighted by Gasteiger charge is -2.14. The van der Waals surface area contributed by atoms with Gasteiger partial charge in [-0.15, -0.1) is 0 Å². The zero-order chi connectivity index (χ0) is 12.8. The fourth-order valence-corrected chi connectivity index (χ4v) is 1.67. The maximum Gasteiger partial charge on any atom is 0.322 e. The van der Waals surface area contributed by atoms with Crippen molar-refractivity contribution in [3.05, 3.63) is 0 Å². The van der Waals surface area contributed by atoms with Crippen LogP contribution in [0.3, 0.4) is 0 Å². The lowest BCUT2D eigenvalue weighted by Crippen LogP contribution is -2.40. The normalized spacial score (nSPS) is 24.4. The van der Waals surface area contributed by atoms with E-state index in [9.17, 15) is 9.59 Å². The summed E-state index contributed by atoms with van der Waals surface area (Å²) in [5.74, 6) is -0.334. The molecule has 0 aromatic rings. The first-order chi connectivity index (χ1) is 8.06. The summed E-state index contributed by atoms with van der Waals surface area (Å²) in [5, 5.41) is 2.72. The largest absolute Gasteiger partial charge is 0.468 e. The highest BCUT2D eigenvalue weighted by Crippen LogP contribution is 2.16. The molecule has 1 rings (SSSR count). The number of rotatable bonds is 5. The molecule has 1 aliphatic heterocycles. The minimum atomic E-state index is -0.690. The van der Waals surface area contributed by atoms with Crippen molar-refractivity contribution in [1.29, 1.82) is 0 Å². The van der Waals surface area contributed by atoms with Crippen molar-refractivity contribution < 1.29 is 14.3 Å². The third-order valence-corrected chi connectivity index (χ3v) is 2.81. The zero-order valence-corrected chi connectivity index (χ0v) is 10.2. The Morgan fingerprint density at radius 2 is 2.35 bits per heavy atom. The van der Waals surface area contributed by atoms with Gasteiger partial charge in [-0.25, -0.2) is 0 Å². The fraction of sp³-hybridized carbons (Fsp3) is 0.727. The van der Waals surface area contributed by atoms with Crippen molar-refractivity contribution in [3.63, 3.8) is 0 Å². The molecule has 6 nitrogen and oxygen atoms in total. The van der Waals surface area contributed by atoms with E-state index in [4.69, 9.17) is 5.73 Å². The summed E-state index contributed by atoms with van der Waals surface area (Å²) in [6.07, 6.45) is 2.97. The van der Waals surface area contributed by atoms with Gasteiger partial charge >= 0.3 is 5.97 Å². The Bertz CT molecular complexity index is 317. The Kier molecular flexibility index (Phi) is 5.09. The number of hydrogen-bond acceptors (Lipinski definition) is 5. The summed E-state index contributed by atoms with van der Waals surface area (Å²) < 4.78 is 4.49. The van der Waals surface area contributed by atoms with Crippen molar-refractivity contribution in [3.8, 4) is 0 Å². The second kappa shape index (κ2) is 6.34. The molecule has 0 saturated heterocycles. The number of aliphatic imine (C=N–C) groups is 1. The van der Waals surface area contributed by atoms with Gasteiger partial charge in [0.1, 0.15) is 12.1 Å². The molecular formula is C11H19N3O3. The minimum Gasteiger partial charge on any atom is -0.468 e. The average Bonchev–Trinajstić information content (AvgIpc) is 2.74. The molecule has 0 radical (unpaired) electrons. The van der Waals surface area contributed by atoms with E-state index in [2.05, 4.69) is 15.0 Å². The molecule has 1 aliphatic rings. The molecule has 0 bridgehead atoms. The standard InChI is InChI=1S/C11H19N3O3/c1-7-3-5-13-9(7)10(15)14-6-4-8(12)11(16)17-2/h5,7-9H,3-4,6,12H2,1-2H3,(H,14,15)/t7-,8+,9-/m1/s1. The number of ether oxygens (including phenoxy) is 1. The van der Waals surface area contributed by atoms with Crippen LogP contribution in [0.4, 0.5) is 0 Å². The van der Waals surface area contributed by atoms with Gasteiger partial charge in [0.2, 0.25) is 5.91 Å². The lowest BCUT2D eigenvalue weighted by atomic mass is 10.0. The molecule has 96 valence electrons. The van der Waals surface area contributed by atoms with Crippen LogP contribution in [-0.4, -0.2) is 43.8 Å². The molecule has 1 amide bonds. The highest BCUT2D eigenvalue weighted by molar-refractivity contribution is 5.85. The number of carbonyl (C=O) groups is 2. The number of hydrogen-bond donors (Lipinski definition) is 2. The molecular weight excluding hydrogens is 222 g/mol. The molecule has 1 heterocycles. The summed E-state index contributed by atoms with van der Waals surface area (Å²) in [4.78, 5) is 26.8. The molecule has 0 aliphatic carbocycles. The van der Waals surface area contributed by atoms with Crippen molar-refractivity contribution >= 4 is 18.1 Å². The van der Waals surface area contributed by atoms with Crippen LogP contribution in [-0.2, 0) is 14.3 Å². The van der Waals surface area contributed by atoms with Gasteiger partial charge < -0.3 is 15.8 Å². The zero-order valence-electron chi connectivity index (χ0n) is 10.2. The summed E-state index contributed by atoms with van der Waals surface area (Å²) in [6, 6.07) is -0.992. The highest BCUT2D eigenvalue weighted by Gasteiger charge is 2.26. The van der Waals surface area contributed by atoms with Crippen LogP contribution >= 0.6 is 0 Å². The molecule has 17 heavy (non-hydrogen) atoms. The Morgan fingerprint density at radius 1 is 1.65 bits per heavy atom. The third kappa shape index (κ3) is 3.81. The van der Waals surface area contributed by atoms with Crippen LogP contribution in [0.25, 0.3) is 0 Å². The number of carbonyl (C=O) groups excluding carboxylic acids is 2. The summed E-state index contributed by atoms with van der Waals surface area (Å²) in [5.41, 5.74) is 5.54. The lowest BCUT2D eigenvalue weighted by molar-refractivity contribution is -0.142. The summed E-state index contributed by atoms with van der Waals surface area (Å²) >= 11 is 0. The highest BCUT2D eigenvalue weighted by atomic mass is 16.5. The van der Waals surface area contributed by atoms with E-state index in [0.717, 1.165) is 6.42 Å². The van der Waals surface area contributed by atoms with Crippen LogP contribution in [0.1, 0.15) is 19.8 Å². The maximum absolute atomic E-state index is 11.7. The van der Waals surface area contributed by atoms with Crippen LogP contribution in [0.2, 0.25) is 0 Å². The van der Waals surface area contributed by atoms with E-state index in [-0.39, 0.29) is 17.9 Å². The number of esters is 1. The Morgan fingerprint density at radius 3 is 2.88 bits per heavy atom. The van der Waals surface area contributed by atoms with Gasteiger partial charge in [0.05, 0.1) is 7.11 Å². The third-order valence-electron chi connectivity index (χ3n) is 2.81. The Balaban J connectivity index is 2.25. The summed E-state index contributed by atoms with van der Waals surface area (Å²) in [7, 11) is 1.29. The van der Waals surface area contributed by atoms with Gasteiger partial charge in [0.15, 0.2) is 0 Å². The first-order valence-electron chi connectivity index (χ1n) is 5.69. The van der Waals surface area contributed by atoms with Gasteiger partial charge in [0, 0.05) is 12.8 Å². The second-order valence-electron chi connectivity index (χ2n) is 4.20. The van der Waals surface area contributed by atoms with E-state index < -0.39 is 12.0 Å². The molecule has 0 spiro atoms.